The zero-order chi connectivity index (χ0) is 22.7. The highest BCUT2D eigenvalue weighted by molar-refractivity contribution is 7.20. The number of carbonyl (C=O) groups is 2. The SMILES string of the molecule is O=C(Nc1ccc(Cl)cc1)Nc1ccc(NC(=O)c2cc3cc([N+](=O)[O-])ccc3s2)cc1. The minimum absolute atomic E-state index is 0.0227. The van der Waals surface area contributed by atoms with Crippen LogP contribution in [-0.4, -0.2) is 16.9 Å². The van der Waals surface area contributed by atoms with Gasteiger partial charge in [-0.15, -0.1) is 11.3 Å². The van der Waals surface area contributed by atoms with Gasteiger partial charge in [-0.3, -0.25) is 14.9 Å². The van der Waals surface area contributed by atoms with E-state index in [2.05, 4.69) is 16.0 Å². The molecule has 160 valence electrons. The van der Waals surface area contributed by atoms with E-state index in [0.29, 0.717) is 32.3 Å². The average molecular weight is 467 g/mol. The number of hydrogen-bond donors (Lipinski definition) is 3. The number of carbonyl (C=O) groups excluding carboxylic acids is 2. The van der Waals surface area contributed by atoms with E-state index in [1.807, 2.05) is 0 Å². The summed E-state index contributed by atoms with van der Waals surface area (Å²) in [5, 5.41) is 20.3. The zero-order valence-corrected chi connectivity index (χ0v) is 17.9. The molecular formula is C22H15ClN4O4S. The molecule has 0 bridgehead atoms. The molecule has 3 N–H and O–H groups in total. The Kier molecular flexibility index (Phi) is 6.02. The van der Waals surface area contributed by atoms with Crippen LogP contribution < -0.4 is 16.0 Å². The quantitative estimate of drug-likeness (QED) is 0.234. The smallest absolute Gasteiger partial charge is 0.321 e. The van der Waals surface area contributed by atoms with Crippen molar-refractivity contribution in [3.8, 4) is 0 Å². The van der Waals surface area contributed by atoms with E-state index in [9.17, 15) is 19.7 Å². The van der Waals surface area contributed by atoms with E-state index in [1.165, 1.54) is 23.5 Å². The van der Waals surface area contributed by atoms with Crippen LogP contribution in [0.3, 0.4) is 0 Å². The summed E-state index contributed by atoms with van der Waals surface area (Å²) < 4.78 is 0.784. The Hall–Kier alpha value is -3.95. The minimum atomic E-state index is -0.470. The highest BCUT2D eigenvalue weighted by Gasteiger charge is 2.14. The van der Waals surface area contributed by atoms with Crippen LogP contribution in [0.15, 0.2) is 72.8 Å². The maximum Gasteiger partial charge on any atom is 0.323 e. The first-order valence-corrected chi connectivity index (χ1v) is 10.5. The number of nitro groups is 1. The second-order valence-electron chi connectivity index (χ2n) is 6.71. The summed E-state index contributed by atoms with van der Waals surface area (Å²) in [5.41, 5.74) is 1.67. The number of nitrogens with zero attached hydrogens (tertiary/aromatic N) is 1. The molecule has 0 radical (unpaired) electrons. The maximum atomic E-state index is 12.6. The van der Waals surface area contributed by atoms with E-state index in [0.717, 1.165) is 4.70 Å². The van der Waals surface area contributed by atoms with Crippen LogP contribution in [0, 0.1) is 10.1 Å². The molecule has 1 heterocycles. The normalized spacial score (nSPS) is 10.5. The number of anilines is 3. The van der Waals surface area contributed by atoms with Gasteiger partial charge in [-0.2, -0.15) is 0 Å². The van der Waals surface area contributed by atoms with Crippen molar-refractivity contribution in [2.24, 2.45) is 0 Å². The van der Waals surface area contributed by atoms with Gasteiger partial charge >= 0.3 is 6.03 Å². The summed E-state index contributed by atoms with van der Waals surface area (Å²) in [6.45, 7) is 0. The first kappa shape index (κ1) is 21.3. The molecule has 3 aromatic carbocycles. The molecule has 0 fully saturated rings. The fourth-order valence-corrected chi connectivity index (χ4v) is 3.98. The molecule has 4 rings (SSSR count). The Morgan fingerprint density at radius 3 is 1.97 bits per heavy atom. The van der Waals surface area contributed by atoms with Crippen LogP contribution in [0.5, 0.6) is 0 Å². The summed E-state index contributed by atoms with van der Waals surface area (Å²) in [4.78, 5) is 35.6. The number of hydrogen-bond acceptors (Lipinski definition) is 5. The summed E-state index contributed by atoms with van der Waals surface area (Å²) in [6.07, 6.45) is 0. The third kappa shape index (κ3) is 5.02. The topological polar surface area (TPSA) is 113 Å². The van der Waals surface area contributed by atoms with Gasteiger partial charge in [-0.05, 0) is 60.7 Å². The Morgan fingerprint density at radius 2 is 1.38 bits per heavy atom. The third-order valence-corrected chi connectivity index (χ3v) is 5.80. The second kappa shape index (κ2) is 9.04. The largest absolute Gasteiger partial charge is 0.323 e. The molecule has 10 heteroatoms. The van der Waals surface area contributed by atoms with Gasteiger partial charge < -0.3 is 16.0 Å². The monoisotopic (exact) mass is 466 g/mol. The molecule has 1 aromatic heterocycles. The number of urea groups is 1. The fourth-order valence-electron chi connectivity index (χ4n) is 2.91. The zero-order valence-electron chi connectivity index (χ0n) is 16.3. The summed E-state index contributed by atoms with van der Waals surface area (Å²) in [6, 6.07) is 19.1. The number of nitrogens with one attached hydrogen (secondary N) is 3. The standard InChI is InChI=1S/C22H15ClN4O4S/c23-14-1-3-16(4-2-14)25-22(29)26-17-7-5-15(6-8-17)24-21(28)20-12-13-11-18(27(30)31)9-10-19(13)32-20/h1-12H,(H,24,28)(H2,25,26,29). The summed E-state index contributed by atoms with van der Waals surface area (Å²) >= 11 is 7.07. The Bertz CT molecular complexity index is 1320. The lowest BCUT2D eigenvalue weighted by molar-refractivity contribution is -0.384. The van der Waals surface area contributed by atoms with Crippen molar-refractivity contribution in [1.29, 1.82) is 0 Å². The van der Waals surface area contributed by atoms with Crippen molar-refractivity contribution in [3.05, 3.63) is 92.8 Å². The number of rotatable bonds is 5. The number of benzene rings is 3. The Labute approximate surface area is 191 Å². The lowest BCUT2D eigenvalue weighted by Crippen LogP contribution is -2.19. The molecule has 3 amide bonds. The third-order valence-electron chi connectivity index (χ3n) is 4.44. The molecule has 0 aliphatic carbocycles. The first-order chi connectivity index (χ1) is 15.4. The number of nitro benzene ring substituents is 1. The summed E-state index contributed by atoms with van der Waals surface area (Å²) in [5.74, 6) is -0.324. The van der Waals surface area contributed by atoms with Gasteiger partial charge in [0.25, 0.3) is 11.6 Å². The van der Waals surface area contributed by atoms with Gasteiger partial charge in [0.05, 0.1) is 9.80 Å². The first-order valence-electron chi connectivity index (χ1n) is 9.30. The van der Waals surface area contributed by atoms with Crippen molar-refractivity contribution in [1.82, 2.24) is 0 Å². The van der Waals surface area contributed by atoms with Crippen LogP contribution in [0.1, 0.15) is 9.67 Å². The van der Waals surface area contributed by atoms with Crippen LogP contribution in [-0.2, 0) is 0 Å². The van der Waals surface area contributed by atoms with Gasteiger partial charge in [0, 0.05) is 44.3 Å². The predicted octanol–water partition coefficient (Wildman–Crippen LogP) is 6.36. The van der Waals surface area contributed by atoms with E-state index in [4.69, 9.17) is 11.6 Å². The van der Waals surface area contributed by atoms with Gasteiger partial charge in [0.1, 0.15) is 0 Å². The van der Waals surface area contributed by atoms with Crippen molar-refractivity contribution >= 4 is 67.7 Å². The second-order valence-corrected chi connectivity index (χ2v) is 8.23. The van der Waals surface area contributed by atoms with E-state index in [1.54, 1.807) is 60.7 Å². The van der Waals surface area contributed by atoms with Crippen LogP contribution >= 0.6 is 22.9 Å². The van der Waals surface area contributed by atoms with Gasteiger partial charge in [-0.25, -0.2) is 4.79 Å². The van der Waals surface area contributed by atoms with Crippen LogP contribution in [0.2, 0.25) is 5.02 Å². The van der Waals surface area contributed by atoms with Crippen LogP contribution in [0.4, 0.5) is 27.5 Å². The van der Waals surface area contributed by atoms with E-state index in [-0.39, 0.29) is 11.6 Å². The predicted molar refractivity (Wildman–Crippen MR) is 127 cm³/mol. The van der Waals surface area contributed by atoms with Crippen LogP contribution in [0.25, 0.3) is 10.1 Å². The fraction of sp³-hybridized carbons (Fsp3) is 0. The minimum Gasteiger partial charge on any atom is -0.321 e. The number of thiophene rings is 1. The highest BCUT2D eigenvalue weighted by atomic mass is 35.5. The highest BCUT2D eigenvalue weighted by Crippen LogP contribution is 2.29. The maximum absolute atomic E-state index is 12.6. The van der Waals surface area contributed by atoms with Gasteiger partial charge in [-0.1, -0.05) is 11.6 Å². The molecule has 32 heavy (non-hydrogen) atoms. The molecule has 4 aromatic rings. The lowest BCUT2D eigenvalue weighted by atomic mass is 10.2. The lowest BCUT2D eigenvalue weighted by Gasteiger charge is -2.09. The van der Waals surface area contributed by atoms with Crippen molar-refractivity contribution in [2.75, 3.05) is 16.0 Å². The molecule has 8 nitrogen and oxygen atoms in total. The van der Waals surface area contributed by atoms with Crippen molar-refractivity contribution < 1.29 is 14.5 Å². The molecule has 0 saturated carbocycles. The number of fused-ring (bicyclic) bond motifs is 1. The molecule has 0 atom stereocenters. The molecule has 0 saturated heterocycles. The Balaban J connectivity index is 1.38. The van der Waals surface area contributed by atoms with Crippen molar-refractivity contribution in [3.63, 3.8) is 0 Å². The summed E-state index contributed by atoms with van der Waals surface area (Å²) in [7, 11) is 0. The number of non-ortho nitro benzene ring substituents is 1. The number of amides is 3. The number of halogens is 1. The van der Waals surface area contributed by atoms with Gasteiger partial charge in [0.15, 0.2) is 0 Å². The molecule has 0 aliphatic rings. The molecule has 0 unspecified atom stereocenters. The molecule has 0 aliphatic heterocycles. The average Bonchev–Trinajstić information content (AvgIpc) is 3.20. The van der Waals surface area contributed by atoms with Gasteiger partial charge in [0.2, 0.25) is 0 Å². The molecular weight excluding hydrogens is 452 g/mol. The Morgan fingerprint density at radius 1 is 0.812 bits per heavy atom. The van der Waals surface area contributed by atoms with E-state index >= 15 is 0 Å². The van der Waals surface area contributed by atoms with E-state index < -0.39 is 11.0 Å². The van der Waals surface area contributed by atoms with Crippen molar-refractivity contribution in [2.45, 2.75) is 0 Å². The molecule has 0 spiro atoms.